The van der Waals surface area contributed by atoms with E-state index in [1.807, 2.05) is 0 Å². The summed E-state index contributed by atoms with van der Waals surface area (Å²) in [5.74, 6) is 0. The van der Waals surface area contributed by atoms with Gasteiger partial charge in [0, 0.05) is 0 Å². The fourth-order valence-electron chi connectivity index (χ4n) is 3.26. The first-order valence-corrected chi connectivity index (χ1v) is 9.59. The van der Waals surface area contributed by atoms with Crippen LogP contribution in [0.4, 0.5) is 0 Å². The second-order valence-electron chi connectivity index (χ2n) is 6.71. The van der Waals surface area contributed by atoms with E-state index in [0.717, 1.165) is 0 Å². The van der Waals surface area contributed by atoms with E-state index in [9.17, 15) is 0 Å². The van der Waals surface area contributed by atoms with Gasteiger partial charge >= 0.3 is 0 Å². The maximum atomic E-state index is 2.35. The van der Waals surface area contributed by atoms with Crippen molar-refractivity contribution < 1.29 is 9.96 Å². The normalized spacial score (nSPS) is 11.4. The first-order valence-electron chi connectivity index (χ1n) is 9.59. The molecule has 2 heteroatoms. The zero-order valence-corrected chi connectivity index (χ0v) is 15.5. The van der Waals surface area contributed by atoms with Crippen molar-refractivity contribution in [2.45, 2.75) is 98.3 Å². The maximum Gasteiger partial charge on any atom is 0.0786 e. The minimum atomic E-state index is 0. The zero-order valence-electron chi connectivity index (χ0n) is 15.5. The van der Waals surface area contributed by atoms with Crippen molar-refractivity contribution in [3.8, 4) is 0 Å². The minimum Gasteiger partial charge on any atom is -0.870 e. The van der Waals surface area contributed by atoms with Crippen LogP contribution in [-0.2, 0) is 0 Å². The van der Waals surface area contributed by atoms with Crippen molar-refractivity contribution in [2.24, 2.45) is 0 Å². The summed E-state index contributed by atoms with van der Waals surface area (Å²) in [5, 5.41) is 0. The van der Waals surface area contributed by atoms with Gasteiger partial charge in [0.2, 0.25) is 0 Å². The third-order valence-electron chi connectivity index (χ3n) is 4.69. The van der Waals surface area contributed by atoms with Crippen molar-refractivity contribution in [2.75, 3.05) is 26.2 Å². The van der Waals surface area contributed by atoms with Crippen molar-refractivity contribution >= 4 is 0 Å². The average Bonchev–Trinajstić information content (AvgIpc) is 2.46. The molecule has 0 rings (SSSR count). The molecular formula is C19H43NO. The Labute approximate surface area is 135 Å². The van der Waals surface area contributed by atoms with Crippen molar-refractivity contribution in [3.05, 3.63) is 0 Å². The molecule has 0 saturated carbocycles. The van der Waals surface area contributed by atoms with Gasteiger partial charge in [-0.25, -0.2) is 0 Å². The molecule has 0 heterocycles. The molecular weight excluding hydrogens is 258 g/mol. The summed E-state index contributed by atoms with van der Waals surface area (Å²) in [7, 11) is 0. The van der Waals surface area contributed by atoms with Crippen LogP contribution in [0, 0.1) is 0 Å². The molecule has 130 valence electrons. The lowest BCUT2D eigenvalue weighted by Crippen LogP contribution is -2.50. The van der Waals surface area contributed by atoms with Crippen LogP contribution in [0.5, 0.6) is 0 Å². The van der Waals surface area contributed by atoms with Gasteiger partial charge in [-0.2, -0.15) is 0 Å². The highest BCUT2D eigenvalue weighted by Gasteiger charge is 2.25. The Hall–Kier alpha value is -0.0800. The highest BCUT2D eigenvalue weighted by molar-refractivity contribution is 4.51. The zero-order chi connectivity index (χ0) is 15.1. The molecule has 2 nitrogen and oxygen atoms in total. The van der Waals surface area contributed by atoms with Crippen LogP contribution in [0.2, 0.25) is 0 Å². The predicted molar refractivity (Wildman–Crippen MR) is 95.1 cm³/mol. The van der Waals surface area contributed by atoms with Gasteiger partial charge in [0.15, 0.2) is 0 Å². The Kier molecular flexibility index (Phi) is 18.0. The summed E-state index contributed by atoms with van der Waals surface area (Å²) < 4.78 is 1.44. The van der Waals surface area contributed by atoms with Crippen LogP contribution >= 0.6 is 0 Å². The molecule has 0 aliphatic carbocycles. The number of hydrogen-bond donors (Lipinski definition) is 0. The van der Waals surface area contributed by atoms with E-state index in [1.165, 1.54) is 101 Å². The summed E-state index contributed by atoms with van der Waals surface area (Å²) >= 11 is 0. The second-order valence-corrected chi connectivity index (χ2v) is 6.71. The Morgan fingerprint density at radius 1 is 0.429 bits per heavy atom. The quantitative estimate of drug-likeness (QED) is 0.269. The number of unbranched alkanes of at least 4 members (excludes halogenated alkanes) is 7. The fourth-order valence-corrected chi connectivity index (χ4v) is 3.26. The number of quaternary nitrogens is 1. The monoisotopic (exact) mass is 301 g/mol. The van der Waals surface area contributed by atoms with Gasteiger partial charge in [-0.05, 0) is 44.9 Å². The van der Waals surface area contributed by atoms with E-state index >= 15 is 0 Å². The minimum absolute atomic E-state index is 0. The predicted octanol–water partition coefficient (Wildman–Crippen LogP) is 6.00. The highest BCUT2D eigenvalue weighted by Crippen LogP contribution is 2.17. The molecule has 0 unspecified atom stereocenters. The number of nitrogens with zero attached hydrogens (tertiary/aromatic N) is 1. The molecule has 1 N–H and O–H groups in total. The van der Waals surface area contributed by atoms with Crippen LogP contribution < -0.4 is 0 Å². The summed E-state index contributed by atoms with van der Waals surface area (Å²) in [5.41, 5.74) is 0. The first kappa shape index (κ1) is 23.2. The molecule has 0 atom stereocenters. The van der Waals surface area contributed by atoms with Gasteiger partial charge in [0.05, 0.1) is 26.2 Å². The van der Waals surface area contributed by atoms with E-state index in [0.29, 0.717) is 0 Å². The lowest BCUT2D eigenvalue weighted by atomic mass is 10.1. The lowest BCUT2D eigenvalue weighted by molar-refractivity contribution is -0.929. The van der Waals surface area contributed by atoms with Gasteiger partial charge in [0.1, 0.15) is 0 Å². The molecule has 0 aromatic heterocycles. The third kappa shape index (κ3) is 12.2. The molecule has 0 aliphatic rings. The SMILES string of the molecule is CCCCC[N+](CCCC)(CCCCC)CCCCC.[OH-]. The van der Waals surface area contributed by atoms with E-state index in [4.69, 9.17) is 0 Å². The summed E-state index contributed by atoms with van der Waals surface area (Å²) in [6.07, 6.45) is 15.5. The molecule has 0 aliphatic heterocycles. The largest absolute Gasteiger partial charge is 0.870 e. The Morgan fingerprint density at radius 2 is 0.714 bits per heavy atom. The lowest BCUT2D eigenvalue weighted by Gasteiger charge is -2.39. The van der Waals surface area contributed by atoms with Crippen LogP contribution in [-0.4, -0.2) is 36.1 Å². The first-order chi connectivity index (χ1) is 9.74. The van der Waals surface area contributed by atoms with Crippen molar-refractivity contribution in [3.63, 3.8) is 0 Å². The summed E-state index contributed by atoms with van der Waals surface area (Å²) in [6, 6.07) is 0. The van der Waals surface area contributed by atoms with Crippen LogP contribution in [0.1, 0.15) is 98.3 Å². The Bertz CT molecular complexity index is 167. The van der Waals surface area contributed by atoms with Gasteiger partial charge in [-0.15, -0.1) is 0 Å². The molecule has 0 bridgehead atoms. The smallest absolute Gasteiger partial charge is 0.0786 e. The van der Waals surface area contributed by atoms with E-state index in [2.05, 4.69) is 27.7 Å². The van der Waals surface area contributed by atoms with Gasteiger partial charge in [0.25, 0.3) is 0 Å². The van der Waals surface area contributed by atoms with Crippen LogP contribution in [0.15, 0.2) is 0 Å². The van der Waals surface area contributed by atoms with E-state index in [-0.39, 0.29) is 5.48 Å². The van der Waals surface area contributed by atoms with E-state index in [1.54, 1.807) is 0 Å². The number of rotatable bonds is 15. The van der Waals surface area contributed by atoms with Crippen LogP contribution in [0.3, 0.4) is 0 Å². The molecule has 0 spiro atoms. The summed E-state index contributed by atoms with van der Waals surface area (Å²) in [4.78, 5) is 0. The topological polar surface area (TPSA) is 30.0 Å². The average molecular weight is 302 g/mol. The fraction of sp³-hybridized carbons (Fsp3) is 1.00. The molecule has 0 radical (unpaired) electrons. The van der Waals surface area contributed by atoms with Gasteiger partial charge in [-0.1, -0.05) is 53.4 Å². The Balaban J connectivity index is 0. The summed E-state index contributed by atoms with van der Waals surface area (Å²) in [6.45, 7) is 15.1. The molecule has 21 heavy (non-hydrogen) atoms. The van der Waals surface area contributed by atoms with E-state index < -0.39 is 0 Å². The van der Waals surface area contributed by atoms with Gasteiger partial charge < -0.3 is 9.96 Å². The molecule has 0 aromatic carbocycles. The molecule has 0 aromatic rings. The molecule has 0 amide bonds. The van der Waals surface area contributed by atoms with Crippen LogP contribution in [0.25, 0.3) is 0 Å². The van der Waals surface area contributed by atoms with Gasteiger partial charge in [-0.3, -0.25) is 0 Å². The standard InChI is InChI=1S/C19H42N.H2O/c1-5-9-13-17-20(16-12-8-4,18-14-10-6-2)19-15-11-7-3;/h5-19H2,1-4H3;1H2/q+1;/p-1. The van der Waals surface area contributed by atoms with Crippen molar-refractivity contribution in [1.82, 2.24) is 0 Å². The second kappa shape index (κ2) is 16.3. The Morgan fingerprint density at radius 3 is 1.00 bits per heavy atom. The van der Waals surface area contributed by atoms with Crippen molar-refractivity contribution in [1.29, 1.82) is 0 Å². The molecule has 0 saturated heterocycles. The third-order valence-corrected chi connectivity index (χ3v) is 4.69. The molecule has 0 fully saturated rings. The number of hydrogen-bond acceptors (Lipinski definition) is 1. The highest BCUT2D eigenvalue weighted by atomic mass is 16.0. The maximum absolute atomic E-state index is 2.35.